The first-order chi connectivity index (χ1) is 13.2. The van der Waals surface area contributed by atoms with E-state index in [1.807, 2.05) is 31.2 Å². The third-order valence-corrected chi connectivity index (χ3v) is 3.92. The molecule has 1 aromatic carbocycles. The minimum absolute atomic E-state index is 0.0114. The van der Waals surface area contributed by atoms with Gasteiger partial charge in [0.1, 0.15) is 12.1 Å². The Kier molecular flexibility index (Phi) is 5.94. The molecule has 0 unspecified atom stereocenters. The fourth-order valence-corrected chi connectivity index (χ4v) is 2.56. The van der Waals surface area contributed by atoms with E-state index in [2.05, 4.69) is 20.6 Å². The number of nitrogens with one attached hydrogen (secondary N) is 2. The van der Waals surface area contributed by atoms with Crippen LogP contribution in [0.3, 0.4) is 0 Å². The third-order valence-electron chi connectivity index (χ3n) is 3.92. The number of hydrogen-bond acceptors (Lipinski definition) is 4. The number of imidazole rings is 1. The Hall–Kier alpha value is -3.48. The summed E-state index contributed by atoms with van der Waals surface area (Å²) in [5, 5.41) is 5.72. The second-order valence-corrected chi connectivity index (χ2v) is 6.06. The number of carbonyl (C=O) groups is 2. The Morgan fingerprint density at radius 3 is 2.78 bits per heavy atom. The van der Waals surface area contributed by atoms with Gasteiger partial charge in [0.25, 0.3) is 5.91 Å². The van der Waals surface area contributed by atoms with Crippen LogP contribution in [-0.2, 0) is 11.3 Å². The summed E-state index contributed by atoms with van der Waals surface area (Å²) in [4.78, 5) is 32.3. The van der Waals surface area contributed by atoms with E-state index in [0.717, 1.165) is 17.7 Å². The van der Waals surface area contributed by atoms with E-state index in [0.29, 0.717) is 24.3 Å². The van der Waals surface area contributed by atoms with E-state index >= 15 is 0 Å². The van der Waals surface area contributed by atoms with Crippen molar-refractivity contribution in [3.63, 3.8) is 0 Å². The fraction of sp³-hybridized carbons (Fsp3) is 0.200. The Morgan fingerprint density at radius 1 is 1.19 bits per heavy atom. The maximum absolute atomic E-state index is 12.3. The summed E-state index contributed by atoms with van der Waals surface area (Å²) < 4.78 is 1.76. The normalized spacial score (nSPS) is 10.4. The largest absolute Gasteiger partial charge is 0.348 e. The molecule has 2 amide bonds. The lowest BCUT2D eigenvalue weighted by molar-refractivity contribution is -0.116. The molecule has 2 heterocycles. The molecular weight excluding hydrogens is 342 g/mol. The monoisotopic (exact) mass is 363 g/mol. The van der Waals surface area contributed by atoms with Crippen molar-refractivity contribution in [2.45, 2.75) is 26.3 Å². The number of rotatable bonds is 7. The summed E-state index contributed by atoms with van der Waals surface area (Å²) in [5.41, 5.74) is 2.11. The molecular formula is C20H21N5O2. The number of nitrogens with zero attached hydrogens (tertiary/aromatic N) is 3. The van der Waals surface area contributed by atoms with Gasteiger partial charge in [0.2, 0.25) is 5.91 Å². The van der Waals surface area contributed by atoms with Gasteiger partial charge in [-0.15, -0.1) is 0 Å². The molecule has 7 heteroatoms. The van der Waals surface area contributed by atoms with Crippen molar-refractivity contribution in [1.82, 2.24) is 19.9 Å². The first-order valence-corrected chi connectivity index (χ1v) is 8.77. The van der Waals surface area contributed by atoms with Crippen molar-refractivity contribution in [1.29, 1.82) is 0 Å². The third kappa shape index (κ3) is 5.01. The summed E-state index contributed by atoms with van der Waals surface area (Å²) in [6.45, 7) is 2.32. The van der Waals surface area contributed by atoms with Gasteiger partial charge in [-0.25, -0.2) is 9.97 Å². The molecule has 0 spiro atoms. The number of anilines is 1. The summed E-state index contributed by atoms with van der Waals surface area (Å²) in [7, 11) is 0. The van der Waals surface area contributed by atoms with Crippen LogP contribution in [0.1, 0.15) is 35.7 Å². The van der Waals surface area contributed by atoms with E-state index in [-0.39, 0.29) is 11.8 Å². The van der Waals surface area contributed by atoms with Crippen LogP contribution in [0.2, 0.25) is 0 Å². The first kappa shape index (κ1) is 18.3. The molecule has 0 saturated carbocycles. The minimum Gasteiger partial charge on any atom is -0.348 e. The van der Waals surface area contributed by atoms with Gasteiger partial charge < -0.3 is 10.6 Å². The van der Waals surface area contributed by atoms with Crippen molar-refractivity contribution in [2.75, 3.05) is 5.32 Å². The fourth-order valence-electron chi connectivity index (χ4n) is 2.56. The molecule has 0 aliphatic heterocycles. The standard InChI is InChI=1S/C20H21N5O2/c1-2-4-19(26)24-17-6-3-5-15(11-17)12-23-20(27)16-7-8-18(22-13-16)25-10-9-21-14-25/h3,5-11,13-14H,2,4,12H2,1H3,(H,23,27)(H,24,26). The lowest BCUT2D eigenvalue weighted by Gasteiger charge is -2.09. The summed E-state index contributed by atoms with van der Waals surface area (Å²) in [6.07, 6.45) is 7.92. The van der Waals surface area contributed by atoms with Gasteiger partial charge in [-0.1, -0.05) is 19.1 Å². The lowest BCUT2D eigenvalue weighted by Crippen LogP contribution is -2.23. The molecule has 138 valence electrons. The predicted molar refractivity (Wildman–Crippen MR) is 103 cm³/mol. The Balaban J connectivity index is 1.58. The predicted octanol–water partition coefficient (Wildman–Crippen LogP) is 2.94. The van der Waals surface area contributed by atoms with Gasteiger partial charge in [0.15, 0.2) is 0 Å². The number of aromatic nitrogens is 3. The smallest absolute Gasteiger partial charge is 0.253 e. The van der Waals surface area contributed by atoms with Gasteiger partial charge in [-0.2, -0.15) is 0 Å². The number of carbonyl (C=O) groups excluding carboxylic acids is 2. The number of benzene rings is 1. The topological polar surface area (TPSA) is 88.9 Å². The lowest BCUT2D eigenvalue weighted by atomic mass is 10.2. The van der Waals surface area contributed by atoms with E-state index in [1.165, 1.54) is 6.20 Å². The van der Waals surface area contributed by atoms with E-state index < -0.39 is 0 Å². The maximum atomic E-state index is 12.3. The summed E-state index contributed by atoms with van der Waals surface area (Å²) in [5.74, 6) is 0.474. The van der Waals surface area contributed by atoms with Crippen LogP contribution in [0.4, 0.5) is 5.69 Å². The molecule has 2 N–H and O–H groups in total. The first-order valence-electron chi connectivity index (χ1n) is 8.77. The van der Waals surface area contributed by atoms with Crippen LogP contribution in [-0.4, -0.2) is 26.3 Å². The summed E-state index contributed by atoms with van der Waals surface area (Å²) >= 11 is 0. The highest BCUT2D eigenvalue weighted by Crippen LogP contribution is 2.12. The van der Waals surface area contributed by atoms with Crippen LogP contribution < -0.4 is 10.6 Å². The highest BCUT2D eigenvalue weighted by Gasteiger charge is 2.07. The van der Waals surface area contributed by atoms with E-state index in [4.69, 9.17) is 0 Å². The van der Waals surface area contributed by atoms with Gasteiger partial charge in [-0.3, -0.25) is 14.2 Å². The quantitative estimate of drug-likeness (QED) is 0.675. The maximum Gasteiger partial charge on any atom is 0.253 e. The molecule has 2 aromatic heterocycles. The van der Waals surface area contributed by atoms with Gasteiger partial charge in [0.05, 0.1) is 5.56 Å². The Morgan fingerprint density at radius 2 is 2.07 bits per heavy atom. The van der Waals surface area contributed by atoms with Gasteiger partial charge >= 0.3 is 0 Å². The van der Waals surface area contributed by atoms with Crippen molar-refractivity contribution in [3.8, 4) is 5.82 Å². The van der Waals surface area contributed by atoms with E-state index in [9.17, 15) is 9.59 Å². The minimum atomic E-state index is -0.208. The zero-order valence-electron chi connectivity index (χ0n) is 15.1. The van der Waals surface area contributed by atoms with Crippen LogP contribution in [0.25, 0.3) is 5.82 Å². The Bertz CT molecular complexity index is 904. The van der Waals surface area contributed by atoms with Crippen LogP contribution in [0.15, 0.2) is 61.3 Å². The van der Waals surface area contributed by atoms with Crippen LogP contribution in [0, 0.1) is 0 Å². The molecule has 0 aliphatic rings. The number of pyridine rings is 1. The molecule has 0 aliphatic carbocycles. The molecule has 0 fully saturated rings. The highest BCUT2D eigenvalue weighted by molar-refractivity contribution is 5.94. The zero-order chi connectivity index (χ0) is 19.1. The number of hydrogen-bond donors (Lipinski definition) is 2. The highest BCUT2D eigenvalue weighted by atomic mass is 16.2. The average molecular weight is 363 g/mol. The van der Waals surface area contributed by atoms with Gasteiger partial charge in [0, 0.05) is 37.2 Å². The second-order valence-electron chi connectivity index (χ2n) is 6.06. The SMILES string of the molecule is CCCC(=O)Nc1cccc(CNC(=O)c2ccc(-n3ccnc3)nc2)c1. The van der Waals surface area contributed by atoms with Crippen molar-refractivity contribution < 1.29 is 9.59 Å². The summed E-state index contributed by atoms with van der Waals surface area (Å²) in [6, 6.07) is 10.9. The molecule has 0 atom stereocenters. The van der Waals surface area contributed by atoms with Crippen molar-refractivity contribution in [2.24, 2.45) is 0 Å². The molecule has 0 saturated heterocycles. The molecule has 7 nitrogen and oxygen atoms in total. The van der Waals surface area contributed by atoms with Crippen molar-refractivity contribution in [3.05, 3.63) is 72.4 Å². The zero-order valence-corrected chi connectivity index (χ0v) is 15.1. The van der Waals surface area contributed by atoms with Crippen molar-refractivity contribution >= 4 is 17.5 Å². The van der Waals surface area contributed by atoms with Crippen LogP contribution in [0.5, 0.6) is 0 Å². The second kappa shape index (κ2) is 8.75. The molecule has 0 radical (unpaired) electrons. The molecule has 3 aromatic rings. The molecule has 3 rings (SSSR count). The molecule has 0 bridgehead atoms. The molecule has 27 heavy (non-hydrogen) atoms. The van der Waals surface area contributed by atoms with Crippen LogP contribution >= 0.6 is 0 Å². The average Bonchev–Trinajstić information content (AvgIpc) is 3.21. The van der Waals surface area contributed by atoms with Gasteiger partial charge in [-0.05, 0) is 36.2 Å². The Labute approximate surface area is 157 Å². The van der Waals surface area contributed by atoms with E-state index in [1.54, 1.807) is 35.4 Å². The number of amides is 2.